The highest BCUT2D eigenvalue weighted by atomic mass is 16.5. The fourth-order valence-electron chi connectivity index (χ4n) is 5.50. The van der Waals surface area contributed by atoms with Gasteiger partial charge in [-0.3, -0.25) is 0 Å². The molecule has 3 heteroatoms. The molecule has 35 heavy (non-hydrogen) atoms. The zero-order chi connectivity index (χ0) is 23.5. The molecule has 0 aliphatic carbocycles. The average molecular weight is 461 g/mol. The van der Waals surface area contributed by atoms with E-state index >= 15 is 0 Å². The summed E-state index contributed by atoms with van der Waals surface area (Å²) in [4.78, 5) is 5.00. The van der Waals surface area contributed by atoms with Gasteiger partial charge in [-0.25, -0.2) is 0 Å². The largest absolute Gasteiger partial charge is 0.457 e. The molecule has 0 bridgehead atoms. The van der Waals surface area contributed by atoms with Gasteiger partial charge in [0.25, 0.3) is 0 Å². The summed E-state index contributed by atoms with van der Waals surface area (Å²) in [5.41, 5.74) is 8.17. The Morgan fingerprint density at radius 2 is 1.00 bits per heavy atom. The van der Waals surface area contributed by atoms with E-state index in [4.69, 9.17) is 4.74 Å². The molecule has 4 aromatic rings. The van der Waals surface area contributed by atoms with Gasteiger partial charge in [0, 0.05) is 37.6 Å². The average Bonchev–Trinajstić information content (AvgIpc) is 2.90. The summed E-state index contributed by atoms with van der Waals surface area (Å²) in [6.07, 6.45) is 4.58. The third-order valence-electron chi connectivity index (χ3n) is 7.20. The van der Waals surface area contributed by atoms with Gasteiger partial charge < -0.3 is 14.5 Å². The van der Waals surface area contributed by atoms with E-state index in [0.717, 1.165) is 50.5 Å². The van der Waals surface area contributed by atoms with E-state index in [1.165, 1.54) is 46.5 Å². The van der Waals surface area contributed by atoms with Crippen molar-refractivity contribution in [2.75, 3.05) is 22.9 Å². The van der Waals surface area contributed by atoms with Crippen LogP contribution < -0.4 is 14.5 Å². The first-order valence-electron chi connectivity index (χ1n) is 12.8. The lowest BCUT2D eigenvalue weighted by atomic mass is 10.00. The number of rotatable bonds is 6. The normalized spacial score (nSPS) is 14.9. The summed E-state index contributed by atoms with van der Waals surface area (Å²) >= 11 is 0. The van der Waals surface area contributed by atoms with E-state index in [2.05, 4.69) is 107 Å². The molecule has 0 atom stereocenters. The summed E-state index contributed by atoms with van der Waals surface area (Å²) in [6.45, 7) is 4.12. The molecular weight excluding hydrogens is 428 g/mol. The number of hydrogen-bond acceptors (Lipinski definition) is 3. The molecule has 2 heterocycles. The number of fused-ring (bicyclic) bond motifs is 2. The van der Waals surface area contributed by atoms with Gasteiger partial charge >= 0.3 is 0 Å². The van der Waals surface area contributed by atoms with Crippen molar-refractivity contribution in [3.8, 4) is 11.5 Å². The van der Waals surface area contributed by atoms with Crippen LogP contribution in [0.1, 0.15) is 35.1 Å². The van der Waals surface area contributed by atoms with Gasteiger partial charge in [0.15, 0.2) is 0 Å². The zero-order valence-electron chi connectivity index (χ0n) is 20.2. The molecule has 0 spiro atoms. The highest BCUT2D eigenvalue weighted by molar-refractivity contribution is 5.60. The molecule has 0 aromatic heterocycles. The van der Waals surface area contributed by atoms with E-state index < -0.39 is 0 Å². The number of benzene rings is 4. The number of hydrogen-bond donors (Lipinski definition) is 0. The molecule has 2 aliphatic heterocycles. The number of aryl methyl sites for hydroxylation is 2. The van der Waals surface area contributed by atoms with E-state index in [9.17, 15) is 0 Å². The highest BCUT2D eigenvalue weighted by Crippen LogP contribution is 2.36. The maximum Gasteiger partial charge on any atom is 0.127 e. The van der Waals surface area contributed by atoms with Crippen molar-refractivity contribution in [2.24, 2.45) is 0 Å². The molecule has 4 aromatic carbocycles. The van der Waals surface area contributed by atoms with Crippen molar-refractivity contribution in [1.29, 1.82) is 0 Å². The molecule has 0 radical (unpaired) electrons. The van der Waals surface area contributed by atoms with Crippen molar-refractivity contribution in [2.45, 2.75) is 38.8 Å². The number of nitrogens with zero attached hydrogens (tertiary/aromatic N) is 2. The minimum absolute atomic E-state index is 0.933. The third-order valence-corrected chi connectivity index (χ3v) is 7.20. The fourth-order valence-corrected chi connectivity index (χ4v) is 5.50. The zero-order valence-corrected chi connectivity index (χ0v) is 20.2. The van der Waals surface area contributed by atoms with Gasteiger partial charge in [0.2, 0.25) is 0 Å². The van der Waals surface area contributed by atoms with Crippen LogP contribution in [0.2, 0.25) is 0 Å². The molecule has 0 unspecified atom stereocenters. The molecule has 0 fully saturated rings. The highest BCUT2D eigenvalue weighted by Gasteiger charge is 2.20. The van der Waals surface area contributed by atoms with E-state index in [-0.39, 0.29) is 0 Å². The standard InChI is InChI=1S/C32H32N2O/c1-3-9-25(10-4-1)23-33-19-7-13-27-21-29(15-17-31(27)33)35-30-16-18-32-28(22-30)14-8-20-34(32)24-26-11-5-2-6-12-26/h1-6,9-12,15-18,21-22H,7-8,13-14,19-20,23-24H2. The first-order chi connectivity index (χ1) is 17.3. The Labute approximate surface area is 208 Å². The minimum Gasteiger partial charge on any atom is -0.457 e. The van der Waals surface area contributed by atoms with Crippen molar-refractivity contribution in [1.82, 2.24) is 0 Å². The predicted molar refractivity (Wildman–Crippen MR) is 145 cm³/mol. The third kappa shape index (κ3) is 4.90. The number of ether oxygens (including phenoxy) is 1. The van der Waals surface area contributed by atoms with Crippen LogP contribution >= 0.6 is 0 Å². The summed E-state index contributed by atoms with van der Waals surface area (Å²) in [7, 11) is 0. The summed E-state index contributed by atoms with van der Waals surface area (Å²) in [5.74, 6) is 1.87. The lowest BCUT2D eigenvalue weighted by Crippen LogP contribution is -2.28. The first kappa shape index (κ1) is 21.8. The molecule has 0 amide bonds. The predicted octanol–water partition coefficient (Wildman–Crippen LogP) is 7.38. The Bertz CT molecular complexity index is 1180. The Morgan fingerprint density at radius 3 is 1.46 bits per heavy atom. The van der Waals surface area contributed by atoms with Crippen LogP contribution in [0.3, 0.4) is 0 Å². The van der Waals surface area contributed by atoms with Crippen LogP contribution in [0, 0.1) is 0 Å². The van der Waals surface area contributed by atoms with E-state index in [1.807, 2.05) is 0 Å². The summed E-state index contributed by atoms with van der Waals surface area (Å²) in [6, 6.07) is 34.7. The first-order valence-corrected chi connectivity index (χ1v) is 12.8. The van der Waals surface area contributed by atoms with Crippen LogP contribution in [0.25, 0.3) is 0 Å². The van der Waals surface area contributed by atoms with Crippen LogP contribution in [0.4, 0.5) is 11.4 Å². The molecule has 2 aliphatic rings. The summed E-state index contributed by atoms with van der Waals surface area (Å²) in [5, 5.41) is 0. The molecule has 0 N–H and O–H groups in total. The Hall–Kier alpha value is -3.72. The SMILES string of the molecule is c1ccc(CN2CCCc3cc(Oc4ccc5c(c4)CCCN5Cc4ccccc4)ccc32)cc1. The van der Waals surface area contributed by atoms with Crippen molar-refractivity contribution >= 4 is 11.4 Å². The molecule has 6 rings (SSSR count). The van der Waals surface area contributed by atoms with Crippen molar-refractivity contribution in [3.63, 3.8) is 0 Å². The molecule has 0 saturated carbocycles. The quantitative estimate of drug-likeness (QED) is 0.298. The smallest absolute Gasteiger partial charge is 0.127 e. The van der Waals surface area contributed by atoms with Crippen LogP contribution in [0.5, 0.6) is 11.5 Å². The van der Waals surface area contributed by atoms with E-state index in [0.29, 0.717) is 0 Å². The maximum atomic E-state index is 6.38. The van der Waals surface area contributed by atoms with Gasteiger partial charge in [0.05, 0.1) is 0 Å². The topological polar surface area (TPSA) is 15.7 Å². The van der Waals surface area contributed by atoms with Gasteiger partial charge in [-0.2, -0.15) is 0 Å². The fraction of sp³-hybridized carbons (Fsp3) is 0.250. The lowest BCUT2D eigenvalue weighted by molar-refractivity contribution is 0.480. The van der Waals surface area contributed by atoms with Gasteiger partial charge in [0.1, 0.15) is 11.5 Å². The minimum atomic E-state index is 0.933. The van der Waals surface area contributed by atoms with Crippen molar-refractivity contribution in [3.05, 3.63) is 119 Å². The van der Waals surface area contributed by atoms with Crippen LogP contribution in [0.15, 0.2) is 97.1 Å². The second kappa shape index (κ2) is 9.87. The van der Waals surface area contributed by atoms with Gasteiger partial charge in [-0.1, -0.05) is 60.7 Å². The Kier molecular flexibility index (Phi) is 6.15. The Balaban J connectivity index is 1.18. The van der Waals surface area contributed by atoms with E-state index in [1.54, 1.807) is 0 Å². The second-order valence-electron chi connectivity index (χ2n) is 9.70. The molecular formula is C32H32N2O. The van der Waals surface area contributed by atoms with Crippen LogP contribution in [-0.4, -0.2) is 13.1 Å². The monoisotopic (exact) mass is 460 g/mol. The maximum absolute atomic E-state index is 6.38. The van der Waals surface area contributed by atoms with Crippen LogP contribution in [-0.2, 0) is 25.9 Å². The van der Waals surface area contributed by atoms with Gasteiger partial charge in [-0.05, 0) is 84.3 Å². The van der Waals surface area contributed by atoms with Crippen molar-refractivity contribution < 1.29 is 4.74 Å². The number of anilines is 2. The molecule has 3 nitrogen and oxygen atoms in total. The Morgan fingerprint density at radius 1 is 0.543 bits per heavy atom. The summed E-state index contributed by atoms with van der Waals surface area (Å²) < 4.78 is 6.38. The lowest BCUT2D eigenvalue weighted by Gasteiger charge is -2.32. The molecule has 176 valence electrons. The second-order valence-corrected chi connectivity index (χ2v) is 9.70. The molecule has 0 saturated heterocycles. The van der Waals surface area contributed by atoms with Gasteiger partial charge in [-0.15, -0.1) is 0 Å².